The highest BCUT2D eigenvalue weighted by atomic mass is 16.4. The van der Waals surface area contributed by atoms with Crippen molar-refractivity contribution in [2.75, 3.05) is 6.54 Å². The van der Waals surface area contributed by atoms with Gasteiger partial charge in [0, 0.05) is 12.0 Å². The van der Waals surface area contributed by atoms with Crippen molar-refractivity contribution in [3.05, 3.63) is 0 Å². The van der Waals surface area contributed by atoms with Crippen molar-refractivity contribution in [2.45, 2.75) is 57.5 Å². The Hall–Kier alpha value is -0.570. The third-order valence-electron chi connectivity index (χ3n) is 4.97. The lowest BCUT2D eigenvalue weighted by atomic mass is 9.89. The van der Waals surface area contributed by atoms with Crippen molar-refractivity contribution >= 4 is 5.71 Å². The molecule has 1 saturated heterocycles. The minimum atomic E-state index is 0.471. The number of hydrogen-bond donors (Lipinski definition) is 1. The van der Waals surface area contributed by atoms with E-state index in [2.05, 4.69) is 17.0 Å². The molecule has 1 heterocycles. The van der Waals surface area contributed by atoms with Crippen LogP contribution in [0.15, 0.2) is 5.16 Å². The van der Waals surface area contributed by atoms with Crippen molar-refractivity contribution in [1.82, 2.24) is 4.90 Å². The molecule has 1 aliphatic heterocycles. The molecule has 4 atom stereocenters. The predicted molar refractivity (Wildman–Crippen MR) is 63.9 cm³/mol. The molecule has 0 unspecified atom stereocenters. The Balaban J connectivity index is 1.82. The van der Waals surface area contributed by atoms with E-state index in [4.69, 9.17) is 0 Å². The van der Waals surface area contributed by atoms with Crippen LogP contribution in [0.4, 0.5) is 0 Å². The van der Waals surface area contributed by atoms with Crippen LogP contribution in [0.2, 0.25) is 0 Å². The molecule has 3 nitrogen and oxygen atoms in total. The maximum absolute atomic E-state index is 9.24. The molecule has 3 rings (SSSR count). The van der Waals surface area contributed by atoms with Crippen molar-refractivity contribution in [3.63, 3.8) is 0 Å². The maximum Gasteiger partial charge on any atom is 0.0775 e. The highest BCUT2D eigenvalue weighted by Crippen LogP contribution is 2.46. The molecule has 0 aromatic heterocycles. The van der Waals surface area contributed by atoms with Gasteiger partial charge >= 0.3 is 0 Å². The van der Waals surface area contributed by atoms with E-state index in [0.29, 0.717) is 18.0 Å². The van der Waals surface area contributed by atoms with Crippen molar-refractivity contribution in [2.24, 2.45) is 17.0 Å². The summed E-state index contributed by atoms with van der Waals surface area (Å²) in [6, 6.07) is 1.15. The van der Waals surface area contributed by atoms with E-state index < -0.39 is 0 Å². The molecule has 16 heavy (non-hydrogen) atoms. The molecule has 0 aromatic rings. The number of hydrogen-bond acceptors (Lipinski definition) is 3. The summed E-state index contributed by atoms with van der Waals surface area (Å²) in [4.78, 5) is 2.61. The fraction of sp³-hybridized carbons (Fsp3) is 0.923. The predicted octanol–water partition coefficient (Wildman–Crippen LogP) is 2.49. The number of nitrogens with zero attached hydrogens (tertiary/aromatic N) is 2. The first kappa shape index (κ1) is 10.6. The van der Waals surface area contributed by atoms with Crippen LogP contribution in [0.25, 0.3) is 0 Å². The van der Waals surface area contributed by atoms with Crippen LogP contribution in [0, 0.1) is 11.8 Å². The van der Waals surface area contributed by atoms with E-state index in [1.54, 1.807) is 0 Å². The van der Waals surface area contributed by atoms with Gasteiger partial charge in [-0.2, -0.15) is 0 Å². The Morgan fingerprint density at radius 1 is 1.25 bits per heavy atom. The summed E-state index contributed by atoms with van der Waals surface area (Å²) in [6.45, 7) is 3.54. The third-order valence-corrected chi connectivity index (χ3v) is 4.97. The van der Waals surface area contributed by atoms with Gasteiger partial charge in [-0.3, -0.25) is 4.90 Å². The summed E-state index contributed by atoms with van der Waals surface area (Å²) in [6.07, 6.45) is 7.86. The van der Waals surface area contributed by atoms with Crippen LogP contribution in [0.3, 0.4) is 0 Å². The second-order valence-electron chi connectivity index (χ2n) is 5.82. The van der Waals surface area contributed by atoms with Crippen LogP contribution in [0.1, 0.15) is 45.4 Å². The average molecular weight is 222 g/mol. The smallest absolute Gasteiger partial charge is 0.0775 e. The number of piperidine rings is 1. The first-order valence-corrected chi connectivity index (χ1v) is 6.79. The van der Waals surface area contributed by atoms with E-state index in [0.717, 1.165) is 11.6 Å². The Kier molecular flexibility index (Phi) is 2.66. The second-order valence-corrected chi connectivity index (χ2v) is 5.82. The number of oxime groups is 1. The molecule has 3 heteroatoms. The highest BCUT2D eigenvalue weighted by molar-refractivity contribution is 5.94. The van der Waals surface area contributed by atoms with Crippen LogP contribution in [-0.2, 0) is 0 Å². The Morgan fingerprint density at radius 2 is 2.12 bits per heavy atom. The summed E-state index contributed by atoms with van der Waals surface area (Å²) in [5, 5.41) is 12.9. The summed E-state index contributed by atoms with van der Waals surface area (Å²) in [5.41, 5.74) is 1.10. The molecule has 3 fully saturated rings. The number of rotatable bonds is 1. The van der Waals surface area contributed by atoms with Gasteiger partial charge in [-0.15, -0.1) is 0 Å². The molecular weight excluding hydrogens is 200 g/mol. The summed E-state index contributed by atoms with van der Waals surface area (Å²) in [7, 11) is 0. The SMILES string of the molecule is C[C@H]1CCCCN1[C@H]1/C(=N\O)[C@H]2CC[C@@H]1C2. The quantitative estimate of drug-likeness (QED) is 0.546. The monoisotopic (exact) mass is 222 g/mol. The molecule has 2 saturated carbocycles. The van der Waals surface area contributed by atoms with Crippen molar-refractivity contribution in [1.29, 1.82) is 0 Å². The van der Waals surface area contributed by atoms with Crippen molar-refractivity contribution < 1.29 is 5.21 Å². The average Bonchev–Trinajstić information content (AvgIpc) is 2.89. The van der Waals surface area contributed by atoms with E-state index in [1.807, 2.05) is 0 Å². The van der Waals surface area contributed by atoms with Crippen LogP contribution < -0.4 is 0 Å². The Morgan fingerprint density at radius 3 is 2.88 bits per heavy atom. The topological polar surface area (TPSA) is 35.8 Å². The highest BCUT2D eigenvalue weighted by Gasteiger charge is 2.49. The van der Waals surface area contributed by atoms with E-state index in [-0.39, 0.29) is 0 Å². The van der Waals surface area contributed by atoms with Gasteiger partial charge in [0.05, 0.1) is 11.8 Å². The molecular formula is C13H22N2O. The molecule has 3 aliphatic rings. The van der Waals surface area contributed by atoms with Gasteiger partial charge in [0.25, 0.3) is 0 Å². The van der Waals surface area contributed by atoms with Crippen LogP contribution in [0.5, 0.6) is 0 Å². The zero-order chi connectivity index (χ0) is 11.1. The third kappa shape index (κ3) is 1.48. The fourth-order valence-corrected chi connectivity index (χ4v) is 4.17. The Bertz CT molecular complexity index is 302. The molecule has 2 bridgehead atoms. The number of likely N-dealkylation sites (tertiary alicyclic amines) is 1. The zero-order valence-corrected chi connectivity index (χ0v) is 10.1. The van der Waals surface area contributed by atoms with Crippen LogP contribution in [-0.4, -0.2) is 34.4 Å². The van der Waals surface area contributed by atoms with Gasteiger partial charge in [0.2, 0.25) is 0 Å². The first-order valence-electron chi connectivity index (χ1n) is 6.79. The van der Waals surface area contributed by atoms with Gasteiger partial charge in [-0.05, 0) is 51.5 Å². The maximum atomic E-state index is 9.24. The van der Waals surface area contributed by atoms with Gasteiger partial charge in [0.15, 0.2) is 0 Å². The standard InChI is InChI=1S/C13H22N2O/c1-9-4-2-3-7-15(9)13-11-6-5-10(8-11)12(13)14-16/h9-11,13,16H,2-8H2,1H3/b14-12-/t9-,10-,11+,13+/m0/s1. The first-order chi connectivity index (χ1) is 7.81. The number of fused-ring (bicyclic) bond motifs is 2. The summed E-state index contributed by atoms with van der Waals surface area (Å²) >= 11 is 0. The molecule has 90 valence electrons. The van der Waals surface area contributed by atoms with E-state index >= 15 is 0 Å². The van der Waals surface area contributed by atoms with Gasteiger partial charge in [-0.1, -0.05) is 11.6 Å². The molecule has 1 N–H and O–H groups in total. The minimum Gasteiger partial charge on any atom is -0.411 e. The summed E-state index contributed by atoms with van der Waals surface area (Å²) in [5.74, 6) is 1.37. The van der Waals surface area contributed by atoms with E-state index in [1.165, 1.54) is 45.1 Å². The summed E-state index contributed by atoms with van der Waals surface area (Å²) < 4.78 is 0. The van der Waals surface area contributed by atoms with Crippen LogP contribution >= 0.6 is 0 Å². The normalized spacial score (nSPS) is 46.7. The molecule has 0 amide bonds. The largest absolute Gasteiger partial charge is 0.411 e. The zero-order valence-electron chi connectivity index (χ0n) is 10.1. The van der Waals surface area contributed by atoms with E-state index in [9.17, 15) is 5.21 Å². The Labute approximate surface area is 97.5 Å². The molecule has 0 radical (unpaired) electrons. The van der Waals surface area contributed by atoms with Gasteiger partial charge in [0.1, 0.15) is 0 Å². The lowest BCUT2D eigenvalue weighted by Gasteiger charge is -2.41. The lowest BCUT2D eigenvalue weighted by Crippen LogP contribution is -2.51. The van der Waals surface area contributed by atoms with Crippen molar-refractivity contribution in [3.8, 4) is 0 Å². The van der Waals surface area contributed by atoms with Gasteiger partial charge in [-0.25, -0.2) is 0 Å². The fourth-order valence-electron chi connectivity index (χ4n) is 4.17. The van der Waals surface area contributed by atoms with Gasteiger partial charge < -0.3 is 5.21 Å². The lowest BCUT2D eigenvalue weighted by molar-refractivity contribution is 0.108. The minimum absolute atomic E-state index is 0.471. The molecule has 0 spiro atoms. The second kappa shape index (κ2) is 4.02. The molecule has 0 aromatic carbocycles. The molecule has 2 aliphatic carbocycles.